The fourth-order valence-corrected chi connectivity index (χ4v) is 3.89. The maximum Gasteiger partial charge on any atom is 0.165 e. The highest BCUT2D eigenvalue weighted by Gasteiger charge is 2.35. The predicted molar refractivity (Wildman–Crippen MR) is 84.5 cm³/mol. The average Bonchev–Trinajstić information content (AvgIpc) is 2.52. The first-order chi connectivity index (χ1) is 10.6. The number of aromatic hydroxyl groups is 2. The van der Waals surface area contributed by atoms with Crippen molar-refractivity contribution in [2.75, 3.05) is 20.7 Å². The molecule has 2 aliphatic rings. The van der Waals surface area contributed by atoms with Crippen molar-refractivity contribution < 1.29 is 14.9 Å². The normalized spacial score (nSPS) is 19.5. The molecule has 1 unspecified atom stereocenters. The molecule has 0 radical (unpaired) electrons. The van der Waals surface area contributed by atoms with E-state index in [1.807, 2.05) is 18.2 Å². The molecule has 2 aromatic carbocycles. The molecule has 22 heavy (non-hydrogen) atoms. The van der Waals surface area contributed by atoms with E-state index in [0.29, 0.717) is 11.5 Å². The van der Waals surface area contributed by atoms with Gasteiger partial charge in [-0.15, -0.1) is 0 Å². The number of benzene rings is 2. The van der Waals surface area contributed by atoms with Crippen LogP contribution < -0.4 is 4.74 Å². The lowest BCUT2D eigenvalue weighted by molar-refractivity contribution is 0.225. The Hall–Kier alpha value is -2.20. The van der Waals surface area contributed by atoms with E-state index in [4.69, 9.17) is 4.74 Å². The number of methoxy groups -OCH3 is 1. The van der Waals surface area contributed by atoms with Crippen molar-refractivity contribution in [2.24, 2.45) is 0 Å². The highest BCUT2D eigenvalue weighted by molar-refractivity contribution is 5.83. The molecule has 0 saturated carbocycles. The molecule has 0 saturated heterocycles. The number of phenols is 2. The van der Waals surface area contributed by atoms with Crippen LogP contribution in [0.3, 0.4) is 0 Å². The number of ether oxygens (including phenoxy) is 1. The van der Waals surface area contributed by atoms with Crippen LogP contribution in [-0.2, 0) is 12.8 Å². The van der Waals surface area contributed by atoms with Crippen LogP contribution >= 0.6 is 0 Å². The fourth-order valence-electron chi connectivity index (χ4n) is 3.89. The number of nitrogens with zero attached hydrogens (tertiary/aromatic N) is 1. The lowest BCUT2D eigenvalue weighted by Crippen LogP contribution is -2.35. The van der Waals surface area contributed by atoms with Gasteiger partial charge < -0.3 is 14.9 Å². The van der Waals surface area contributed by atoms with Gasteiger partial charge in [-0.05, 0) is 48.7 Å². The molecule has 4 nitrogen and oxygen atoms in total. The molecule has 0 spiro atoms. The molecule has 1 heterocycles. The zero-order valence-corrected chi connectivity index (χ0v) is 12.8. The van der Waals surface area contributed by atoms with Crippen LogP contribution in [0.15, 0.2) is 24.3 Å². The Morgan fingerprint density at radius 2 is 2.00 bits per heavy atom. The van der Waals surface area contributed by atoms with E-state index in [0.717, 1.165) is 47.2 Å². The number of rotatable bonds is 1. The van der Waals surface area contributed by atoms with Gasteiger partial charge in [0.2, 0.25) is 0 Å². The Kier molecular flexibility index (Phi) is 2.84. The Bertz CT molecular complexity index is 769. The summed E-state index contributed by atoms with van der Waals surface area (Å²) in [6, 6.07) is 7.77. The van der Waals surface area contributed by atoms with Crippen LogP contribution in [0, 0.1) is 0 Å². The average molecular weight is 297 g/mol. The van der Waals surface area contributed by atoms with E-state index in [-0.39, 0.29) is 11.8 Å². The summed E-state index contributed by atoms with van der Waals surface area (Å²) in [5, 5.41) is 20.8. The molecule has 1 atom stereocenters. The molecule has 0 aromatic heterocycles. The quantitative estimate of drug-likeness (QED) is 0.850. The van der Waals surface area contributed by atoms with Crippen molar-refractivity contribution in [3.8, 4) is 28.4 Å². The first-order valence-corrected chi connectivity index (χ1v) is 7.56. The van der Waals surface area contributed by atoms with Crippen molar-refractivity contribution in [3.63, 3.8) is 0 Å². The lowest BCUT2D eigenvalue weighted by atomic mass is 9.76. The maximum absolute atomic E-state index is 10.6. The zero-order chi connectivity index (χ0) is 15.4. The van der Waals surface area contributed by atoms with Gasteiger partial charge in [-0.2, -0.15) is 0 Å². The Morgan fingerprint density at radius 3 is 2.77 bits per heavy atom. The van der Waals surface area contributed by atoms with E-state index < -0.39 is 0 Å². The number of likely N-dealkylation sites (N-methyl/N-ethyl adjacent to an activating group) is 1. The second kappa shape index (κ2) is 4.65. The Labute approximate surface area is 129 Å². The summed E-state index contributed by atoms with van der Waals surface area (Å²) < 4.78 is 5.26. The molecule has 2 aromatic rings. The van der Waals surface area contributed by atoms with Crippen LogP contribution in [0.1, 0.15) is 22.7 Å². The zero-order valence-electron chi connectivity index (χ0n) is 12.8. The maximum atomic E-state index is 10.6. The van der Waals surface area contributed by atoms with Gasteiger partial charge in [0.15, 0.2) is 11.5 Å². The number of phenolic OH excluding ortho intramolecular Hbond substituents is 2. The first kappa shape index (κ1) is 13.5. The summed E-state index contributed by atoms with van der Waals surface area (Å²) in [6.45, 7) is 0.937. The third-order valence-corrected chi connectivity index (χ3v) is 5.04. The van der Waals surface area contributed by atoms with Crippen molar-refractivity contribution in [3.05, 3.63) is 41.0 Å². The van der Waals surface area contributed by atoms with Crippen molar-refractivity contribution in [1.82, 2.24) is 4.90 Å². The minimum absolute atomic E-state index is 0.194. The summed E-state index contributed by atoms with van der Waals surface area (Å²) in [7, 11) is 3.68. The molecule has 1 aliphatic carbocycles. The van der Waals surface area contributed by atoms with E-state index >= 15 is 0 Å². The first-order valence-electron chi connectivity index (χ1n) is 7.56. The van der Waals surface area contributed by atoms with Crippen LogP contribution in [0.4, 0.5) is 0 Å². The minimum Gasteiger partial charge on any atom is -0.508 e. The number of fused-ring (bicyclic) bond motifs is 2. The van der Waals surface area contributed by atoms with Gasteiger partial charge >= 0.3 is 0 Å². The topological polar surface area (TPSA) is 52.9 Å². The number of hydrogen-bond acceptors (Lipinski definition) is 4. The van der Waals surface area contributed by atoms with Crippen LogP contribution in [0.25, 0.3) is 11.1 Å². The Morgan fingerprint density at radius 1 is 1.18 bits per heavy atom. The monoisotopic (exact) mass is 297 g/mol. The van der Waals surface area contributed by atoms with Gasteiger partial charge in [0.25, 0.3) is 0 Å². The smallest absolute Gasteiger partial charge is 0.165 e. The van der Waals surface area contributed by atoms with Gasteiger partial charge in [-0.1, -0.05) is 12.1 Å². The SMILES string of the molecule is COc1ccc2c(c1O)-c1ccc(O)c3c1C(C2)N(C)CC3. The largest absolute Gasteiger partial charge is 0.508 e. The van der Waals surface area contributed by atoms with Crippen molar-refractivity contribution in [2.45, 2.75) is 18.9 Å². The van der Waals surface area contributed by atoms with Gasteiger partial charge in [0.1, 0.15) is 5.75 Å². The second-order valence-electron chi connectivity index (χ2n) is 6.13. The molecule has 4 rings (SSSR count). The highest BCUT2D eigenvalue weighted by Crippen LogP contribution is 2.51. The standard InChI is InChI=1S/C18H19NO3/c1-19-8-7-11-14(20)5-4-12-16-10(9-13(19)17(11)12)3-6-15(22-2)18(16)21/h3-6,13,20-21H,7-9H2,1-2H3. The van der Waals surface area contributed by atoms with E-state index in [9.17, 15) is 10.2 Å². The molecule has 0 bridgehead atoms. The van der Waals surface area contributed by atoms with Gasteiger partial charge in [0, 0.05) is 23.7 Å². The molecule has 4 heteroatoms. The molecule has 0 amide bonds. The van der Waals surface area contributed by atoms with Gasteiger partial charge in [-0.25, -0.2) is 0 Å². The lowest BCUT2D eigenvalue weighted by Gasteiger charge is -2.40. The second-order valence-corrected chi connectivity index (χ2v) is 6.13. The van der Waals surface area contributed by atoms with Crippen molar-refractivity contribution in [1.29, 1.82) is 0 Å². The minimum atomic E-state index is 0.194. The summed E-state index contributed by atoms with van der Waals surface area (Å²) >= 11 is 0. The fraction of sp³-hybridized carbons (Fsp3) is 0.333. The third-order valence-electron chi connectivity index (χ3n) is 5.04. The summed E-state index contributed by atoms with van der Waals surface area (Å²) in [4.78, 5) is 2.33. The summed E-state index contributed by atoms with van der Waals surface area (Å²) in [5.74, 6) is 1.05. The van der Waals surface area contributed by atoms with Crippen LogP contribution in [0.2, 0.25) is 0 Å². The Balaban J connectivity index is 2.04. The highest BCUT2D eigenvalue weighted by atomic mass is 16.5. The van der Waals surface area contributed by atoms with Crippen LogP contribution in [0.5, 0.6) is 17.2 Å². The molecule has 0 fully saturated rings. The predicted octanol–water partition coefficient (Wildman–Crippen LogP) is 2.86. The molecular formula is C18H19NO3. The van der Waals surface area contributed by atoms with E-state index in [2.05, 4.69) is 11.9 Å². The van der Waals surface area contributed by atoms with Crippen LogP contribution in [-0.4, -0.2) is 35.8 Å². The summed E-state index contributed by atoms with van der Waals surface area (Å²) in [5.41, 5.74) is 5.17. The van der Waals surface area contributed by atoms with E-state index in [1.54, 1.807) is 13.2 Å². The summed E-state index contributed by atoms with van der Waals surface area (Å²) in [6.07, 6.45) is 1.68. The molecular weight excluding hydrogens is 278 g/mol. The van der Waals surface area contributed by atoms with E-state index in [1.165, 1.54) is 0 Å². The molecule has 2 N–H and O–H groups in total. The van der Waals surface area contributed by atoms with Crippen molar-refractivity contribution >= 4 is 0 Å². The van der Waals surface area contributed by atoms with Gasteiger partial charge in [0.05, 0.1) is 7.11 Å². The third kappa shape index (κ3) is 1.67. The van der Waals surface area contributed by atoms with Gasteiger partial charge in [-0.3, -0.25) is 4.90 Å². The molecule has 114 valence electrons. The molecule has 1 aliphatic heterocycles. The number of hydrogen-bond donors (Lipinski definition) is 2.